The van der Waals surface area contributed by atoms with Crippen LogP contribution in [0.5, 0.6) is 0 Å². The van der Waals surface area contributed by atoms with E-state index in [2.05, 4.69) is 181 Å². The smallest absolute Gasteiger partial charge is 0.0560 e. The number of hydrogen-bond acceptors (Lipinski definition) is 2. The van der Waals surface area contributed by atoms with Gasteiger partial charge in [0.15, 0.2) is 0 Å². The van der Waals surface area contributed by atoms with Crippen molar-refractivity contribution in [3.63, 3.8) is 0 Å². The minimum absolute atomic E-state index is 0.214. The van der Waals surface area contributed by atoms with E-state index < -0.39 is 0 Å². The number of para-hydroxylation sites is 2. The third-order valence-electron chi connectivity index (χ3n) is 8.63. The van der Waals surface area contributed by atoms with Crippen LogP contribution in [-0.4, -0.2) is 6.04 Å². The van der Waals surface area contributed by atoms with Gasteiger partial charge >= 0.3 is 0 Å². The molecule has 0 heterocycles. The SMILES string of the molecule is C=CC=CC(=CC)N(c1ccccc1)c1cc2c3ccccc3c(N(c3ccccc3)C3C=CC=CC3)cc2c2ccccc12. The third kappa shape index (κ3) is 5.25. The van der Waals surface area contributed by atoms with Crippen molar-refractivity contribution in [2.75, 3.05) is 9.80 Å². The average Bonchev–Trinajstić information content (AvgIpc) is 3.11. The molecule has 0 amide bonds. The zero-order valence-electron chi connectivity index (χ0n) is 25.6. The summed E-state index contributed by atoms with van der Waals surface area (Å²) >= 11 is 0. The number of anilines is 4. The molecule has 2 nitrogen and oxygen atoms in total. The Kier molecular flexibility index (Phi) is 7.87. The molecule has 0 saturated heterocycles. The van der Waals surface area contributed by atoms with Crippen molar-refractivity contribution in [3.8, 4) is 0 Å². The molecule has 0 bridgehead atoms. The fourth-order valence-electron chi connectivity index (χ4n) is 6.62. The van der Waals surface area contributed by atoms with E-state index in [-0.39, 0.29) is 6.04 Å². The van der Waals surface area contributed by atoms with E-state index in [9.17, 15) is 0 Å². The first kappa shape index (κ1) is 28.2. The molecule has 0 fully saturated rings. The summed E-state index contributed by atoms with van der Waals surface area (Å²) in [6.45, 7) is 6.02. The summed E-state index contributed by atoms with van der Waals surface area (Å²) in [6, 6.07) is 44.1. The van der Waals surface area contributed by atoms with Crippen LogP contribution in [0.2, 0.25) is 0 Å². The molecule has 1 unspecified atom stereocenters. The zero-order chi connectivity index (χ0) is 30.6. The van der Waals surface area contributed by atoms with Gasteiger partial charge in [0.2, 0.25) is 0 Å². The first-order chi connectivity index (χ1) is 22.3. The van der Waals surface area contributed by atoms with Crippen LogP contribution in [0, 0.1) is 0 Å². The van der Waals surface area contributed by atoms with Crippen molar-refractivity contribution in [3.05, 3.63) is 182 Å². The topological polar surface area (TPSA) is 6.48 Å². The van der Waals surface area contributed by atoms with E-state index in [0.29, 0.717) is 0 Å². The Morgan fingerprint density at radius 1 is 0.644 bits per heavy atom. The van der Waals surface area contributed by atoms with Crippen molar-refractivity contribution < 1.29 is 0 Å². The molecule has 1 aliphatic carbocycles. The van der Waals surface area contributed by atoms with E-state index in [4.69, 9.17) is 0 Å². The first-order valence-corrected chi connectivity index (χ1v) is 15.6. The maximum atomic E-state index is 3.93. The summed E-state index contributed by atoms with van der Waals surface area (Å²) in [6.07, 6.45) is 18.0. The van der Waals surface area contributed by atoms with Crippen LogP contribution >= 0.6 is 0 Å². The van der Waals surface area contributed by atoms with Crippen LogP contribution in [0.3, 0.4) is 0 Å². The summed E-state index contributed by atoms with van der Waals surface area (Å²) in [4.78, 5) is 4.87. The second kappa shape index (κ2) is 12.6. The molecular weight excluding hydrogens is 544 g/mol. The molecule has 0 aromatic heterocycles. The van der Waals surface area contributed by atoms with E-state index in [1.54, 1.807) is 0 Å². The van der Waals surface area contributed by atoms with E-state index in [1.165, 1.54) is 43.7 Å². The van der Waals surface area contributed by atoms with Gasteiger partial charge in [0.05, 0.1) is 17.4 Å². The summed E-state index contributed by atoms with van der Waals surface area (Å²) in [5, 5.41) is 7.39. The van der Waals surface area contributed by atoms with Gasteiger partial charge in [-0.05, 0) is 77.4 Å². The van der Waals surface area contributed by atoms with Crippen molar-refractivity contribution in [2.24, 2.45) is 0 Å². The highest BCUT2D eigenvalue weighted by molar-refractivity contribution is 6.24. The summed E-state index contributed by atoms with van der Waals surface area (Å²) < 4.78 is 0. The molecule has 0 aliphatic heterocycles. The lowest BCUT2D eigenvalue weighted by Gasteiger charge is -2.34. The number of nitrogens with zero attached hydrogens (tertiary/aromatic N) is 2. The number of benzene rings is 6. The van der Waals surface area contributed by atoms with Crippen molar-refractivity contribution >= 4 is 55.1 Å². The van der Waals surface area contributed by atoms with Gasteiger partial charge in [0.25, 0.3) is 0 Å². The monoisotopic (exact) mass is 580 g/mol. The Labute approximate surface area is 265 Å². The number of fused-ring (bicyclic) bond motifs is 5. The Morgan fingerprint density at radius 2 is 1.20 bits per heavy atom. The molecule has 1 atom stereocenters. The number of allylic oxidation sites excluding steroid dienone is 6. The van der Waals surface area contributed by atoms with Gasteiger partial charge in [0, 0.05) is 27.8 Å². The molecular formula is C43H36N2. The second-order valence-electron chi connectivity index (χ2n) is 11.3. The van der Waals surface area contributed by atoms with Crippen LogP contribution in [0.4, 0.5) is 22.7 Å². The molecule has 218 valence electrons. The lowest BCUT2D eigenvalue weighted by atomic mass is 9.92. The minimum Gasteiger partial charge on any atom is -0.334 e. The molecule has 0 N–H and O–H groups in total. The number of hydrogen-bond donors (Lipinski definition) is 0. The molecule has 6 aromatic carbocycles. The molecule has 0 saturated carbocycles. The Bertz CT molecular complexity index is 2120. The van der Waals surface area contributed by atoms with Gasteiger partial charge in [-0.15, -0.1) is 0 Å². The summed E-state index contributed by atoms with van der Waals surface area (Å²) in [5.74, 6) is 0. The maximum absolute atomic E-state index is 3.93. The van der Waals surface area contributed by atoms with Crippen molar-refractivity contribution in [1.82, 2.24) is 0 Å². The normalized spacial score (nSPS) is 14.9. The van der Waals surface area contributed by atoms with Crippen LogP contribution < -0.4 is 9.80 Å². The summed E-state index contributed by atoms with van der Waals surface area (Å²) in [5.41, 5.74) is 5.74. The van der Waals surface area contributed by atoms with Crippen LogP contribution in [-0.2, 0) is 0 Å². The van der Waals surface area contributed by atoms with Gasteiger partial charge in [0.1, 0.15) is 0 Å². The molecule has 0 radical (unpaired) electrons. The van der Waals surface area contributed by atoms with Crippen LogP contribution in [0.1, 0.15) is 13.3 Å². The lowest BCUT2D eigenvalue weighted by Crippen LogP contribution is -2.30. The number of rotatable bonds is 8. The molecule has 0 spiro atoms. The quantitative estimate of drug-likeness (QED) is 0.130. The second-order valence-corrected chi connectivity index (χ2v) is 11.3. The minimum atomic E-state index is 0.214. The largest absolute Gasteiger partial charge is 0.334 e. The third-order valence-corrected chi connectivity index (χ3v) is 8.63. The van der Waals surface area contributed by atoms with E-state index in [1.807, 2.05) is 12.2 Å². The summed E-state index contributed by atoms with van der Waals surface area (Å²) in [7, 11) is 0. The molecule has 7 rings (SSSR count). The fraction of sp³-hybridized carbons (Fsp3) is 0.0698. The Balaban J connectivity index is 1.56. The van der Waals surface area contributed by atoms with Crippen LogP contribution in [0.25, 0.3) is 32.3 Å². The predicted molar refractivity (Wildman–Crippen MR) is 196 cm³/mol. The highest BCUT2D eigenvalue weighted by Gasteiger charge is 2.24. The van der Waals surface area contributed by atoms with Gasteiger partial charge < -0.3 is 9.80 Å². The van der Waals surface area contributed by atoms with E-state index in [0.717, 1.165) is 23.5 Å². The lowest BCUT2D eigenvalue weighted by molar-refractivity contribution is 0.788. The predicted octanol–water partition coefficient (Wildman–Crippen LogP) is 12.0. The molecule has 1 aliphatic rings. The highest BCUT2D eigenvalue weighted by Crippen LogP contribution is 2.45. The van der Waals surface area contributed by atoms with Gasteiger partial charge in [-0.25, -0.2) is 0 Å². The van der Waals surface area contributed by atoms with Crippen LogP contribution in [0.15, 0.2) is 182 Å². The first-order valence-electron chi connectivity index (χ1n) is 15.6. The Hall–Kier alpha value is -5.60. The van der Waals surface area contributed by atoms with Gasteiger partial charge in [-0.2, -0.15) is 0 Å². The molecule has 45 heavy (non-hydrogen) atoms. The van der Waals surface area contributed by atoms with Crippen molar-refractivity contribution in [2.45, 2.75) is 19.4 Å². The highest BCUT2D eigenvalue weighted by atomic mass is 15.2. The zero-order valence-corrected chi connectivity index (χ0v) is 25.6. The standard InChI is InChI=1S/C43H36N2/c1-3-5-19-32(4-2)44(33-20-9-6-10-21-33)42-30-40-37-27-16-18-29-39(37)43(31-41(40)36-26-15-17-28-38(36)42)45(34-22-11-7-12-23-34)35-24-13-8-14-25-35/h3-24,26-31,35H,1,25H2,2H3. The van der Waals surface area contributed by atoms with E-state index >= 15 is 0 Å². The molecule has 6 aromatic rings. The van der Waals surface area contributed by atoms with Crippen molar-refractivity contribution in [1.29, 1.82) is 0 Å². The van der Waals surface area contributed by atoms with Gasteiger partial charge in [-0.3, -0.25) is 0 Å². The molecule has 2 heteroatoms. The van der Waals surface area contributed by atoms with Gasteiger partial charge in [-0.1, -0.05) is 134 Å². The Morgan fingerprint density at radius 3 is 1.78 bits per heavy atom. The average molecular weight is 581 g/mol. The fourth-order valence-corrected chi connectivity index (χ4v) is 6.62. The maximum Gasteiger partial charge on any atom is 0.0560 e.